The summed E-state index contributed by atoms with van der Waals surface area (Å²) in [5, 5.41) is 12.2. The summed E-state index contributed by atoms with van der Waals surface area (Å²) in [6, 6.07) is 4.69. The van der Waals surface area contributed by atoms with Crippen LogP contribution in [-0.2, 0) is 0 Å². The van der Waals surface area contributed by atoms with Crippen LogP contribution in [0.5, 0.6) is 11.5 Å². The molecule has 0 spiro atoms. The van der Waals surface area contributed by atoms with E-state index in [0.29, 0.717) is 11.5 Å². The molecule has 1 radical (unpaired) electrons. The maximum absolute atomic E-state index is 10.3. The SMILES string of the molecule is CCC1=C[N+]2=c3cc(OC)c(OC)cc3=CC(O)[C]2C=C1. The largest absolute Gasteiger partial charge is 0.493 e. The van der Waals surface area contributed by atoms with Crippen molar-refractivity contribution >= 4 is 6.08 Å². The Hall–Kier alpha value is -2.07. The van der Waals surface area contributed by atoms with E-state index in [1.165, 1.54) is 5.57 Å². The van der Waals surface area contributed by atoms with Gasteiger partial charge in [0.1, 0.15) is 6.10 Å². The molecule has 109 valence electrons. The lowest BCUT2D eigenvalue weighted by Crippen LogP contribution is -2.48. The summed E-state index contributed by atoms with van der Waals surface area (Å²) in [7, 11) is 3.24. The molecule has 1 aromatic rings. The smallest absolute Gasteiger partial charge is 0.286 e. The molecule has 21 heavy (non-hydrogen) atoms. The first-order chi connectivity index (χ1) is 10.2. The third kappa shape index (κ3) is 2.25. The molecule has 3 rings (SSSR count). The minimum absolute atomic E-state index is 0.624. The van der Waals surface area contributed by atoms with Gasteiger partial charge in [-0.2, -0.15) is 4.58 Å². The normalized spacial score (nSPS) is 20.3. The van der Waals surface area contributed by atoms with Crippen LogP contribution in [-0.4, -0.2) is 25.4 Å². The molecule has 1 atom stereocenters. The van der Waals surface area contributed by atoms with Gasteiger partial charge in [-0.05, 0) is 30.7 Å². The molecular formula is C17H19NO3+. The Kier molecular flexibility index (Phi) is 3.55. The predicted octanol–water partition coefficient (Wildman–Crippen LogP) is 0.746. The minimum Gasteiger partial charge on any atom is -0.493 e. The highest BCUT2D eigenvalue weighted by Gasteiger charge is 2.34. The van der Waals surface area contributed by atoms with Gasteiger partial charge in [0.2, 0.25) is 5.36 Å². The van der Waals surface area contributed by atoms with Crippen molar-refractivity contribution in [2.24, 2.45) is 0 Å². The van der Waals surface area contributed by atoms with Crippen LogP contribution in [0.4, 0.5) is 0 Å². The van der Waals surface area contributed by atoms with Crippen LogP contribution < -0.4 is 24.6 Å². The molecule has 0 bridgehead atoms. The molecule has 0 aromatic heterocycles. The van der Waals surface area contributed by atoms with E-state index in [9.17, 15) is 5.11 Å². The molecule has 2 aliphatic heterocycles. The lowest BCUT2D eigenvalue weighted by Gasteiger charge is -2.19. The standard InChI is InChI=1S/C17H19NO3/c1-4-11-5-6-13-15(19)7-12-8-16(20-2)17(21-3)9-14(12)18(13)10-11/h5-10,15,19H,4H2,1-3H3/q+1. The highest BCUT2D eigenvalue weighted by atomic mass is 16.5. The molecular weight excluding hydrogens is 266 g/mol. The van der Waals surface area contributed by atoms with E-state index in [2.05, 4.69) is 19.2 Å². The van der Waals surface area contributed by atoms with Crippen LogP contribution in [0, 0.1) is 6.04 Å². The van der Waals surface area contributed by atoms with Gasteiger partial charge in [0.05, 0.1) is 20.3 Å². The molecule has 1 N–H and O–H groups in total. The van der Waals surface area contributed by atoms with Crippen molar-refractivity contribution in [3.8, 4) is 11.5 Å². The van der Waals surface area contributed by atoms with E-state index in [0.717, 1.165) is 23.0 Å². The minimum atomic E-state index is -0.624. The molecule has 1 aromatic carbocycles. The highest BCUT2D eigenvalue weighted by Crippen LogP contribution is 2.24. The van der Waals surface area contributed by atoms with Gasteiger partial charge in [0, 0.05) is 10.8 Å². The van der Waals surface area contributed by atoms with E-state index < -0.39 is 6.10 Å². The monoisotopic (exact) mass is 285 g/mol. The molecule has 0 aliphatic carbocycles. The summed E-state index contributed by atoms with van der Waals surface area (Å²) in [6.45, 7) is 2.11. The predicted molar refractivity (Wildman–Crippen MR) is 81.3 cm³/mol. The Morgan fingerprint density at radius 3 is 2.52 bits per heavy atom. The average molecular weight is 285 g/mol. The molecule has 2 aliphatic rings. The van der Waals surface area contributed by atoms with Gasteiger partial charge in [-0.1, -0.05) is 6.92 Å². The number of fused-ring (bicyclic) bond motifs is 2. The van der Waals surface area contributed by atoms with Crippen molar-refractivity contribution in [2.75, 3.05) is 14.2 Å². The fourth-order valence-corrected chi connectivity index (χ4v) is 2.70. The van der Waals surface area contributed by atoms with Crippen LogP contribution >= 0.6 is 0 Å². The molecule has 4 nitrogen and oxygen atoms in total. The number of methoxy groups -OCH3 is 2. The van der Waals surface area contributed by atoms with Crippen molar-refractivity contribution in [3.63, 3.8) is 0 Å². The van der Waals surface area contributed by atoms with Gasteiger partial charge in [-0.25, -0.2) is 0 Å². The van der Waals surface area contributed by atoms with E-state index in [4.69, 9.17) is 9.47 Å². The number of nitrogens with zero attached hydrogens (tertiary/aromatic N) is 1. The summed E-state index contributed by atoms with van der Waals surface area (Å²) < 4.78 is 12.7. The van der Waals surface area contributed by atoms with Crippen molar-refractivity contribution in [1.82, 2.24) is 4.58 Å². The van der Waals surface area contributed by atoms with Gasteiger partial charge in [-0.3, -0.25) is 0 Å². The molecule has 4 heteroatoms. The van der Waals surface area contributed by atoms with Gasteiger partial charge in [0.25, 0.3) is 6.04 Å². The Morgan fingerprint density at radius 1 is 1.14 bits per heavy atom. The van der Waals surface area contributed by atoms with Gasteiger partial charge < -0.3 is 14.6 Å². The lowest BCUT2D eigenvalue weighted by molar-refractivity contribution is 0.238. The molecule has 0 saturated carbocycles. The molecule has 1 unspecified atom stereocenters. The number of aliphatic hydroxyl groups excluding tert-OH is 1. The maximum atomic E-state index is 10.3. The fraction of sp³-hybridized carbons (Fsp3) is 0.294. The number of aliphatic hydroxyl groups is 1. The number of hydrogen-bond donors (Lipinski definition) is 1. The van der Waals surface area contributed by atoms with Gasteiger partial charge in [-0.15, -0.1) is 0 Å². The zero-order valence-electron chi connectivity index (χ0n) is 12.5. The number of allylic oxidation sites excluding steroid dienone is 2. The average Bonchev–Trinajstić information content (AvgIpc) is 2.53. The second-order valence-corrected chi connectivity index (χ2v) is 5.06. The molecule has 0 fully saturated rings. The van der Waals surface area contributed by atoms with Crippen LogP contribution in [0.3, 0.4) is 0 Å². The molecule has 0 amide bonds. The van der Waals surface area contributed by atoms with E-state index in [1.54, 1.807) is 14.2 Å². The van der Waals surface area contributed by atoms with Crippen LogP contribution in [0.1, 0.15) is 13.3 Å². The summed E-state index contributed by atoms with van der Waals surface area (Å²) in [5.74, 6) is 1.34. The lowest BCUT2D eigenvalue weighted by atomic mass is 9.99. The Labute approximate surface area is 123 Å². The van der Waals surface area contributed by atoms with Crippen molar-refractivity contribution < 1.29 is 14.6 Å². The Balaban J connectivity index is 2.32. The van der Waals surface area contributed by atoms with Crippen LogP contribution in [0.2, 0.25) is 0 Å². The van der Waals surface area contributed by atoms with Crippen LogP contribution in [0.25, 0.3) is 6.08 Å². The van der Waals surface area contributed by atoms with Gasteiger partial charge in [0.15, 0.2) is 17.7 Å². The number of hydrogen-bond acceptors (Lipinski definition) is 3. The van der Waals surface area contributed by atoms with Gasteiger partial charge >= 0.3 is 0 Å². The second kappa shape index (κ2) is 5.37. The first-order valence-electron chi connectivity index (χ1n) is 7.01. The Bertz CT molecular complexity index is 746. The third-order valence-corrected chi connectivity index (χ3v) is 3.88. The third-order valence-electron chi connectivity index (χ3n) is 3.88. The first kappa shape index (κ1) is 13.9. The van der Waals surface area contributed by atoms with E-state index in [1.807, 2.05) is 28.9 Å². The number of ether oxygens (including phenoxy) is 2. The topological polar surface area (TPSA) is 41.7 Å². The quantitative estimate of drug-likeness (QED) is 0.833. The summed E-state index contributed by atoms with van der Waals surface area (Å²) >= 11 is 0. The summed E-state index contributed by atoms with van der Waals surface area (Å²) in [6.07, 6.45) is 8.24. The summed E-state index contributed by atoms with van der Waals surface area (Å²) in [5.41, 5.74) is 1.22. The number of rotatable bonds is 3. The van der Waals surface area contributed by atoms with E-state index in [-0.39, 0.29) is 0 Å². The van der Waals surface area contributed by atoms with Crippen LogP contribution in [0.15, 0.2) is 36.1 Å². The Morgan fingerprint density at radius 2 is 1.86 bits per heavy atom. The maximum Gasteiger partial charge on any atom is 0.286 e. The van der Waals surface area contributed by atoms with Crippen molar-refractivity contribution in [1.29, 1.82) is 0 Å². The second-order valence-electron chi connectivity index (χ2n) is 5.06. The molecule has 2 heterocycles. The first-order valence-corrected chi connectivity index (χ1v) is 7.01. The van der Waals surface area contributed by atoms with Crippen molar-refractivity contribution in [3.05, 3.63) is 52.7 Å². The fourth-order valence-electron chi connectivity index (χ4n) is 2.70. The van der Waals surface area contributed by atoms with Crippen molar-refractivity contribution in [2.45, 2.75) is 19.4 Å². The summed E-state index contributed by atoms with van der Waals surface area (Å²) in [4.78, 5) is 0. The zero-order valence-corrected chi connectivity index (χ0v) is 12.5. The number of benzene rings is 1. The highest BCUT2D eigenvalue weighted by molar-refractivity contribution is 5.49. The zero-order chi connectivity index (χ0) is 15.0. The molecule has 0 saturated heterocycles. The van der Waals surface area contributed by atoms with E-state index >= 15 is 0 Å².